The second-order valence-electron chi connectivity index (χ2n) is 12.3. The van der Waals surface area contributed by atoms with Gasteiger partial charge in [0.2, 0.25) is 0 Å². The first-order valence-corrected chi connectivity index (χ1v) is 16.0. The van der Waals surface area contributed by atoms with E-state index in [1.165, 1.54) is 6.92 Å². The lowest BCUT2D eigenvalue weighted by Gasteiger charge is -2.40. The minimum absolute atomic E-state index is 0.0295. The summed E-state index contributed by atoms with van der Waals surface area (Å²) in [6, 6.07) is 17.9. The van der Waals surface area contributed by atoms with Crippen molar-refractivity contribution in [1.82, 2.24) is 39.2 Å². The van der Waals surface area contributed by atoms with Gasteiger partial charge in [0.15, 0.2) is 5.65 Å². The fourth-order valence-corrected chi connectivity index (χ4v) is 6.51. The highest BCUT2D eigenvalue weighted by Crippen LogP contribution is 2.30. The van der Waals surface area contributed by atoms with E-state index >= 15 is 0 Å². The Labute approximate surface area is 281 Å². The van der Waals surface area contributed by atoms with Crippen molar-refractivity contribution >= 4 is 28.2 Å². The normalized spacial score (nSPS) is 14.3. The zero-order chi connectivity index (χ0) is 34.4. The second-order valence-corrected chi connectivity index (χ2v) is 12.3. The molecule has 12 heteroatoms. The van der Waals surface area contributed by atoms with Crippen molar-refractivity contribution in [3.63, 3.8) is 0 Å². The van der Waals surface area contributed by atoms with Gasteiger partial charge in [0.05, 0.1) is 34.6 Å². The summed E-state index contributed by atoms with van der Waals surface area (Å²) >= 11 is 0. The third-order valence-electron chi connectivity index (χ3n) is 8.93. The Bertz CT molecular complexity index is 2370. The molecule has 6 aromatic rings. The Kier molecular flexibility index (Phi) is 8.06. The van der Waals surface area contributed by atoms with Gasteiger partial charge in [-0.3, -0.25) is 23.6 Å². The van der Waals surface area contributed by atoms with E-state index < -0.39 is 12.1 Å². The van der Waals surface area contributed by atoms with Crippen molar-refractivity contribution in [2.24, 2.45) is 7.05 Å². The van der Waals surface area contributed by atoms with E-state index in [2.05, 4.69) is 32.3 Å². The van der Waals surface area contributed by atoms with Crippen molar-refractivity contribution < 1.29 is 14.7 Å². The average molecular weight is 655 g/mol. The Morgan fingerprint density at radius 2 is 1.78 bits per heavy atom. The number of aliphatic hydroxyl groups excluding tert-OH is 1. The molecule has 0 radical (unpaired) electrons. The van der Waals surface area contributed by atoms with Gasteiger partial charge in [0.1, 0.15) is 11.7 Å². The van der Waals surface area contributed by atoms with Crippen LogP contribution in [0.4, 0.5) is 0 Å². The number of fused-ring (bicyclic) bond motifs is 2. The summed E-state index contributed by atoms with van der Waals surface area (Å²) in [6.45, 7) is 6.02. The largest absolute Gasteiger partial charge is 0.384 e. The molecule has 0 saturated carbocycles. The van der Waals surface area contributed by atoms with Crippen LogP contribution in [-0.2, 0) is 11.8 Å². The third kappa shape index (κ3) is 5.64. The van der Waals surface area contributed by atoms with Crippen LogP contribution >= 0.6 is 0 Å². The van der Waals surface area contributed by atoms with E-state index in [1.54, 1.807) is 50.2 Å². The fourth-order valence-electron chi connectivity index (χ4n) is 6.51. The highest BCUT2D eigenvalue weighted by Gasteiger charge is 2.36. The minimum Gasteiger partial charge on any atom is -0.384 e. The van der Waals surface area contributed by atoms with Gasteiger partial charge >= 0.3 is 0 Å². The van der Waals surface area contributed by atoms with Crippen LogP contribution in [0.3, 0.4) is 0 Å². The number of para-hydroxylation sites is 1. The number of nitrogens with one attached hydrogen (secondary N) is 1. The Hall–Kier alpha value is -6.06. The summed E-state index contributed by atoms with van der Waals surface area (Å²) in [7, 11) is 1.84. The number of aryl methyl sites for hydroxylation is 2. The molecule has 5 heterocycles. The molecule has 4 aromatic heterocycles. The highest BCUT2D eigenvalue weighted by atomic mass is 16.3. The number of nitrogens with zero attached hydrogens (tertiary/aromatic N) is 7. The molecule has 2 N–H and O–H groups in total. The van der Waals surface area contributed by atoms with Crippen LogP contribution < -0.4 is 10.9 Å². The van der Waals surface area contributed by atoms with Gasteiger partial charge in [0.25, 0.3) is 17.4 Å². The zero-order valence-corrected chi connectivity index (χ0v) is 27.5. The number of carbonyl (C=O) groups excluding carboxylic acids is 2. The van der Waals surface area contributed by atoms with Crippen LogP contribution in [0, 0.1) is 18.8 Å². The summed E-state index contributed by atoms with van der Waals surface area (Å²) in [4.78, 5) is 46.3. The molecule has 2 aromatic carbocycles. The summed E-state index contributed by atoms with van der Waals surface area (Å²) in [5, 5.41) is 22.7. The number of carbonyl (C=O) groups is 2. The van der Waals surface area contributed by atoms with E-state index in [4.69, 9.17) is 0 Å². The molecule has 1 aliphatic heterocycles. The molecule has 7 rings (SSSR count). The number of aromatic nitrogens is 6. The molecule has 12 nitrogen and oxygen atoms in total. The zero-order valence-electron chi connectivity index (χ0n) is 27.5. The first-order chi connectivity index (χ1) is 23.6. The molecule has 0 spiro atoms. The topological polar surface area (TPSA) is 140 Å². The number of hydrogen-bond donors (Lipinski definition) is 2. The number of benzene rings is 2. The van der Waals surface area contributed by atoms with E-state index in [1.807, 2.05) is 68.6 Å². The standard InChI is InChI=1S/C37H34N8O4/c1-22(40-35(47)31-23(2)41-44-17-9-16-38-34(31)44)30-18-26-11-8-10-25(32(26)37(49)45(30)29-12-6-5-7-13-29)14-15-27-19-39-42(4)33(27)28-20-43(21-28)36(48)24(3)46/h5-13,16-19,22,24,28,46H,20-21H2,1-4H3,(H,40,47). The summed E-state index contributed by atoms with van der Waals surface area (Å²) in [5.74, 6) is 5.86. The van der Waals surface area contributed by atoms with Crippen LogP contribution in [0.15, 0.2) is 84.0 Å². The monoisotopic (exact) mass is 654 g/mol. The van der Waals surface area contributed by atoms with Gasteiger partial charge in [-0.2, -0.15) is 10.2 Å². The van der Waals surface area contributed by atoms with Crippen LogP contribution in [0.2, 0.25) is 0 Å². The Morgan fingerprint density at radius 1 is 1.02 bits per heavy atom. The minimum atomic E-state index is -1.04. The molecule has 2 atom stereocenters. The maximum Gasteiger partial charge on any atom is 0.264 e. The number of rotatable bonds is 6. The summed E-state index contributed by atoms with van der Waals surface area (Å²) in [5.41, 5.74) is 4.51. The van der Waals surface area contributed by atoms with Crippen LogP contribution in [0.25, 0.3) is 22.1 Å². The van der Waals surface area contributed by atoms with Crippen molar-refractivity contribution in [3.8, 4) is 17.5 Å². The molecule has 1 fully saturated rings. The SMILES string of the molecule is Cc1nn2cccnc2c1C(=O)NC(C)c1cc2cccc(C#Cc3cnn(C)c3C3CN(C(=O)C(C)O)C3)c2c(=O)n1-c1ccccc1. The predicted octanol–water partition coefficient (Wildman–Crippen LogP) is 3.27. The van der Waals surface area contributed by atoms with Crippen LogP contribution in [-0.4, -0.2) is 70.0 Å². The average Bonchev–Trinajstić information content (AvgIpc) is 3.61. The summed E-state index contributed by atoms with van der Waals surface area (Å²) in [6.07, 6.45) is 4.00. The first kappa shape index (κ1) is 31.5. The maximum absolute atomic E-state index is 14.5. The van der Waals surface area contributed by atoms with Gasteiger partial charge in [0, 0.05) is 55.4 Å². The van der Waals surface area contributed by atoms with E-state index in [0.29, 0.717) is 63.3 Å². The second kappa shape index (κ2) is 12.5. The fraction of sp³-hybridized carbons (Fsp3) is 0.243. The maximum atomic E-state index is 14.5. The first-order valence-electron chi connectivity index (χ1n) is 16.0. The Morgan fingerprint density at radius 3 is 2.53 bits per heavy atom. The molecule has 246 valence electrons. The van der Waals surface area contributed by atoms with E-state index in [-0.39, 0.29) is 23.3 Å². The molecule has 1 saturated heterocycles. The lowest BCUT2D eigenvalue weighted by atomic mass is 9.93. The number of hydrogen-bond acceptors (Lipinski definition) is 7. The predicted molar refractivity (Wildman–Crippen MR) is 183 cm³/mol. The lowest BCUT2D eigenvalue weighted by molar-refractivity contribution is -0.143. The van der Waals surface area contributed by atoms with Crippen molar-refractivity contribution in [3.05, 3.63) is 123 Å². The molecule has 0 aliphatic carbocycles. The van der Waals surface area contributed by atoms with E-state index in [9.17, 15) is 19.5 Å². The molecule has 0 bridgehead atoms. The van der Waals surface area contributed by atoms with Crippen molar-refractivity contribution in [1.29, 1.82) is 0 Å². The highest BCUT2D eigenvalue weighted by molar-refractivity contribution is 6.01. The van der Waals surface area contributed by atoms with Crippen molar-refractivity contribution in [2.45, 2.75) is 38.8 Å². The molecule has 49 heavy (non-hydrogen) atoms. The number of pyridine rings is 1. The van der Waals surface area contributed by atoms with E-state index in [0.717, 1.165) is 5.69 Å². The van der Waals surface area contributed by atoms with Crippen LogP contribution in [0.5, 0.6) is 0 Å². The number of aliphatic hydroxyl groups is 1. The Balaban J connectivity index is 1.27. The molecule has 1 aliphatic rings. The van der Waals surface area contributed by atoms with Gasteiger partial charge in [-0.15, -0.1) is 0 Å². The molecule has 2 amide bonds. The molecule has 2 unspecified atom stereocenters. The number of likely N-dealkylation sites (tertiary alicyclic amines) is 1. The van der Waals surface area contributed by atoms with Gasteiger partial charge in [-0.05, 0) is 56.5 Å². The third-order valence-corrected chi connectivity index (χ3v) is 8.93. The van der Waals surface area contributed by atoms with Gasteiger partial charge in [-0.25, -0.2) is 9.50 Å². The molecular formula is C37H34N8O4. The molecular weight excluding hydrogens is 620 g/mol. The van der Waals surface area contributed by atoms with Crippen LogP contribution in [0.1, 0.15) is 64.4 Å². The van der Waals surface area contributed by atoms with Crippen molar-refractivity contribution in [2.75, 3.05) is 13.1 Å². The summed E-state index contributed by atoms with van der Waals surface area (Å²) < 4.78 is 4.95. The van der Waals surface area contributed by atoms with Gasteiger partial charge < -0.3 is 15.3 Å². The smallest absolute Gasteiger partial charge is 0.264 e. The number of amides is 2. The van der Waals surface area contributed by atoms with Gasteiger partial charge in [-0.1, -0.05) is 42.2 Å². The lowest BCUT2D eigenvalue weighted by Crippen LogP contribution is -2.52. The quantitative estimate of drug-likeness (QED) is 0.263.